The zero-order valence-corrected chi connectivity index (χ0v) is 25.2. The van der Waals surface area contributed by atoms with Gasteiger partial charge in [0.2, 0.25) is 0 Å². The average molecular weight is 545 g/mol. The van der Waals surface area contributed by atoms with Gasteiger partial charge in [-0.3, -0.25) is 0 Å². The van der Waals surface area contributed by atoms with Gasteiger partial charge in [0.15, 0.2) is 0 Å². The minimum atomic E-state index is 0. The third-order valence-electron chi connectivity index (χ3n) is 6.86. The van der Waals surface area contributed by atoms with Crippen molar-refractivity contribution < 1.29 is 51.0 Å². The van der Waals surface area contributed by atoms with E-state index in [1.54, 1.807) is 0 Å². The van der Waals surface area contributed by atoms with Crippen LogP contribution in [-0.4, -0.2) is 0 Å². The number of hydrogen-bond acceptors (Lipinski definition) is 0. The molecule has 2 aromatic rings. The Morgan fingerprint density at radius 3 is 0.935 bits per heavy atom. The van der Waals surface area contributed by atoms with E-state index >= 15 is 0 Å². The molecule has 0 fully saturated rings. The minimum Gasteiger partial charge on any atom is -1.00 e. The third-order valence-corrected chi connectivity index (χ3v) is 6.86. The van der Waals surface area contributed by atoms with Crippen molar-refractivity contribution in [2.45, 2.75) is 105 Å². The molecule has 2 aromatic carbocycles. The topological polar surface area (TPSA) is 0 Å². The van der Waals surface area contributed by atoms with Gasteiger partial charge in [-0.15, -0.1) is 0 Å². The van der Waals surface area contributed by atoms with Gasteiger partial charge >= 0.3 is 26.2 Å². The Kier molecular flexibility index (Phi) is 20.3. The number of hydrogen-bond donors (Lipinski definition) is 0. The van der Waals surface area contributed by atoms with E-state index in [2.05, 4.69) is 104 Å². The first-order chi connectivity index (χ1) is 13.3. The second kappa shape index (κ2) is 17.6. The Morgan fingerprint density at radius 1 is 0.548 bits per heavy atom. The van der Waals surface area contributed by atoms with Crippen LogP contribution in [0.1, 0.15) is 105 Å². The van der Waals surface area contributed by atoms with Crippen LogP contribution in [0.4, 0.5) is 0 Å². The minimum absolute atomic E-state index is 0. The smallest absolute Gasteiger partial charge is 1.00 e. The van der Waals surface area contributed by atoms with Crippen LogP contribution in [0.15, 0.2) is 48.5 Å². The van der Waals surface area contributed by atoms with E-state index in [-0.39, 0.29) is 51.0 Å². The molecule has 0 aromatic heterocycles. The zero-order chi connectivity index (χ0) is 21.2. The number of rotatable bonds is 10. The van der Waals surface area contributed by atoms with Crippen molar-refractivity contribution in [3.63, 3.8) is 0 Å². The summed E-state index contributed by atoms with van der Waals surface area (Å²) in [6.45, 7) is 18.6. The van der Waals surface area contributed by atoms with Gasteiger partial charge in [0, 0.05) is 0 Å². The van der Waals surface area contributed by atoms with Crippen LogP contribution in [0.3, 0.4) is 0 Å². The summed E-state index contributed by atoms with van der Waals surface area (Å²) < 4.78 is 0. The molecule has 2 rings (SSSR count). The molecule has 31 heavy (non-hydrogen) atoms. The fourth-order valence-corrected chi connectivity index (χ4v) is 5.15. The van der Waals surface area contributed by atoms with E-state index in [1.165, 1.54) is 49.7 Å². The summed E-state index contributed by atoms with van der Waals surface area (Å²) in [5.74, 6) is 1.56. The molecule has 0 atom stereocenters. The van der Waals surface area contributed by atoms with Crippen LogP contribution >= 0.6 is 0 Å². The van der Waals surface area contributed by atoms with Gasteiger partial charge in [-0.25, -0.2) is 24.3 Å². The maximum atomic E-state index is 2.32. The summed E-state index contributed by atoms with van der Waals surface area (Å²) in [6, 6.07) is 17.8. The van der Waals surface area contributed by atoms with Gasteiger partial charge < -0.3 is 24.8 Å². The molecule has 0 heterocycles. The van der Waals surface area contributed by atoms with Crippen molar-refractivity contribution in [1.82, 2.24) is 0 Å². The second-order valence-electron chi connectivity index (χ2n) is 9.52. The SMILES string of the molecule is CCC(CC)(CC(C)C)[c-]1cccc1.CCC(CC)(CC(C)C)[c-]1cccc1.[Cl-].[Cl-].[Zr+4]. The fourth-order valence-electron chi connectivity index (χ4n) is 5.15. The van der Waals surface area contributed by atoms with Crippen LogP contribution in [0.25, 0.3) is 0 Å². The van der Waals surface area contributed by atoms with Crippen molar-refractivity contribution in [2.24, 2.45) is 11.8 Å². The first kappa shape index (κ1) is 35.7. The standard InChI is InChI=1S/2C14H23.2ClH.Zr/c2*1-5-14(6-2,11-12(3)4)13-9-7-8-10-13;;;/h2*7-10,12H,5-6,11H2,1-4H3;2*1H;/q2*-1;;;+4/p-2. The molecule has 0 unspecified atom stereocenters. The molecule has 0 saturated carbocycles. The number of halogens is 2. The van der Waals surface area contributed by atoms with E-state index in [9.17, 15) is 0 Å². The van der Waals surface area contributed by atoms with Gasteiger partial charge in [-0.05, 0) is 11.8 Å². The Balaban J connectivity index is -0.000000461. The van der Waals surface area contributed by atoms with Crippen molar-refractivity contribution in [3.05, 3.63) is 59.7 Å². The van der Waals surface area contributed by atoms with E-state index in [0.717, 1.165) is 11.8 Å². The van der Waals surface area contributed by atoms with E-state index < -0.39 is 0 Å². The molecule has 0 N–H and O–H groups in total. The maximum Gasteiger partial charge on any atom is 4.00 e. The molecule has 0 bridgehead atoms. The average Bonchev–Trinajstić information content (AvgIpc) is 3.38. The maximum absolute atomic E-state index is 2.32. The molecular weight excluding hydrogens is 498 g/mol. The van der Waals surface area contributed by atoms with Crippen LogP contribution in [0.5, 0.6) is 0 Å². The van der Waals surface area contributed by atoms with E-state index in [4.69, 9.17) is 0 Å². The molecule has 0 amide bonds. The molecule has 0 nitrogen and oxygen atoms in total. The van der Waals surface area contributed by atoms with Gasteiger partial charge in [0.1, 0.15) is 0 Å². The Bertz CT molecular complexity index is 547. The summed E-state index contributed by atoms with van der Waals surface area (Å²) in [5.41, 5.74) is 3.93. The summed E-state index contributed by atoms with van der Waals surface area (Å²) >= 11 is 0. The zero-order valence-electron chi connectivity index (χ0n) is 21.3. The first-order valence-corrected chi connectivity index (χ1v) is 11.7. The molecule has 0 spiro atoms. The summed E-state index contributed by atoms with van der Waals surface area (Å²) in [5, 5.41) is 0. The van der Waals surface area contributed by atoms with E-state index in [0.29, 0.717) is 10.8 Å². The van der Waals surface area contributed by atoms with Crippen molar-refractivity contribution in [1.29, 1.82) is 0 Å². The largest absolute Gasteiger partial charge is 4.00 e. The predicted octanol–water partition coefficient (Wildman–Crippen LogP) is 3.02. The Hall–Kier alpha value is 0.163. The summed E-state index contributed by atoms with van der Waals surface area (Å²) in [4.78, 5) is 0. The van der Waals surface area contributed by atoms with Gasteiger partial charge in [-0.2, -0.15) is 35.4 Å². The van der Waals surface area contributed by atoms with Gasteiger partial charge in [0.05, 0.1) is 0 Å². The second-order valence-corrected chi connectivity index (χ2v) is 9.52. The fraction of sp³-hybridized carbons (Fsp3) is 0.643. The predicted molar refractivity (Wildman–Crippen MR) is 128 cm³/mol. The molecule has 3 heteroatoms. The molecule has 0 aliphatic rings. The summed E-state index contributed by atoms with van der Waals surface area (Å²) in [7, 11) is 0. The molecule has 0 saturated heterocycles. The molecule has 0 aliphatic heterocycles. The summed E-state index contributed by atoms with van der Waals surface area (Å²) in [6.07, 6.45) is 7.64. The van der Waals surface area contributed by atoms with Crippen molar-refractivity contribution in [3.8, 4) is 0 Å². The van der Waals surface area contributed by atoms with Crippen molar-refractivity contribution >= 4 is 0 Å². The van der Waals surface area contributed by atoms with Crippen molar-refractivity contribution in [2.75, 3.05) is 0 Å². The first-order valence-electron chi connectivity index (χ1n) is 11.7. The normalized spacial score (nSPS) is 11.2. The van der Waals surface area contributed by atoms with Crippen LogP contribution in [0, 0.1) is 11.8 Å². The monoisotopic (exact) mass is 542 g/mol. The molecule has 0 aliphatic carbocycles. The molecule has 176 valence electrons. The Morgan fingerprint density at radius 2 is 0.774 bits per heavy atom. The molecule has 0 radical (unpaired) electrons. The van der Waals surface area contributed by atoms with E-state index in [1.807, 2.05) is 0 Å². The van der Waals surface area contributed by atoms with Crippen LogP contribution in [-0.2, 0) is 37.0 Å². The quantitative estimate of drug-likeness (QED) is 0.404. The third kappa shape index (κ3) is 10.3. The van der Waals surface area contributed by atoms with Crippen LogP contribution < -0.4 is 24.8 Å². The Labute approximate surface area is 226 Å². The van der Waals surface area contributed by atoms with Gasteiger partial charge in [-0.1, -0.05) is 105 Å². The van der Waals surface area contributed by atoms with Crippen LogP contribution in [0.2, 0.25) is 0 Å². The molecular formula is C28H46Cl2Zr. The van der Waals surface area contributed by atoms with Gasteiger partial charge in [0.25, 0.3) is 0 Å².